The van der Waals surface area contributed by atoms with Crippen LogP contribution in [0.2, 0.25) is 0 Å². The van der Waals surface area contributed by atoms with Gasteiger partial charge in [-0.3, -0.25) is 24.6 Å². The number of hydrogen-bond acceptors (Lipinski definition) is 4. The highest BCUT2D eigenvalue weighted by Gasteiger charge is 2.75. The molecule has 152 valence electrons. The van der Waals surface area contributed by atoms with Gasteiger partial charge in [0.15, 0.2) is 0 Å². The molecule has 0 spiro atoms. The Hall–Kier alpha value is -3.02. The van der Waals surface area contributed by atoms with Gasteiger partial charge in [-0.1, -0.05) is 67.8 Å². The summed E-state index contributed by atoms with van der Waals surface area (Å²) >= 11 is 0. The summed E-state index contributed by atoms with van der Waals surface area (Å²) in [5.74, 6) is -2.54. The third-order valence-corrected chi connectivity index (χ3v) is 7.84. The molecule has 2 amide bonds. The number of imide groups is 1. The number of likely N-dealkylation sites (tertiary alicyclic amines) is 1. The largest absolute Gasteiger partial charge is 0.284 e. The summed E-state index contributed by atoms with van der Waals surface area (Å²) in [6.45, 7) is 0. The van der Waals surface area contributed by atoms with Gasteiger partial charge in [-0.15, -0.1) is 0 Å². The normalized spacial score (nSPS) is 32.0. The van der Waals surface area contributed by atoms with E-state index in [9.17, 15) is 19.7 Å². The molecule has 7 rings (SSSR count). The molecule has 2 bridgehead atoms. The highest BCUT2D eigenvalue weighted by atomic mass is 16.6. The molecule has 1 aliphatic heterocycles. The van der Waals surface area contributed by atoms with Crippen LogP contribution < -0.4 is 0 Å². The van der Waals surface area contributed by atoms with Crippen LogP contribution in [0.5, 0.6) is 0 Å². The van der Waals surface area contributed by atoms with Crippen LogP contribution >= 0.6 is 0 Å². The fraction of sp³-hybridized carbons (Fsp3) is 0.417. The van der Waals surface area contributed by atoms with Crippen LogP contribution in [-0.2, 0) is 15.1 Å². The Kier molecular flexibility index (Phi) is 3.56. The monoisotopic (exact) mass is 402 g/mol. The van der Waals surface area contributed by atoms with Crippen LogP contribution in [0.15, 0.2) is 48.5 Å². The number of nitrogens with zero attached hydrogens (tertiary/aromatic N) is 2. The average Bonchev–Trinajstić information content (AvgIpc) is 3.05. The molecule has 30 heavy (non-hydrogen) atoms. The standard InChI is InChI=1S/C24H22N2O4/c27-22-20-19-15-10-4-6-12-17(15)24(26(29)30,18-13-7-5-11-16(18)19)21(20)23(28)25(22)14-8-2-1-3-9-14/h4-7,10-14,19-21H,1-3,8-9H2/t19?,20-,21-,24?/m0/s1. The first kappa shape index (κ1) is 17.8. The fourth-order valence-electron chi connectivity index (χ4n) is 6.76. The van der Waals surface area contributed by atoms with Crippen LogP contribution in [0.4, 0.5) is 0 Å². The van der Waals surface area contributed by atoms with Gasteiger partial charge in [0.05, 0.1) is 5.92 Å². The van der Waals surface area contributed by atoms with Crippen molar-refractivity contribution in [2.75, 3.05) is 0 Å². The zero-order chi connectivity index (χ0) is 20.6. The van der Waals surface area contributed by atoms with E-state index in [0.717, 1.165) is 43.2 Å². The zero-order valence-electron chi connectivity index (χ0n) is 16.5. The summed E-state index contributed by atoms with van der Waals surface area (Å²) in [7, 11) is 0. The molecule has 0 N–H and O–H groups in total. The number of rotatable bonds is 2. The first-order chi connectivity index (χ1) is 14.6. The van der Waals surface area contributed by atoms with Crippen molar-refractivity contribution in [1.29, 1.82) is 0 Å². The van der Waals surface area contributed by atoms with Crippen LogP contribution in [0, 0.1) is 22.0 Å². The molecule has 1 heterocycles. The summed E-state index contributed by atoms with van der Waals surface area (Å²) in [5.41, 5.74) is 1.09. The van der Waals surface area contributed by atoms with Crippen molar-refractivity contribution in [2.45, 2.75) is 49.6 Å². The summed E-state index contributed by atoms with van der Waals surface area (Å²) in [6, 6.07) is 14.5. The van der Waals surface area contributed by atoms with Gasteiger partial charge in [0.25, 0.3) is 5.54 Å². The highest BCUT2D eigenvalue weighted by molar-refractivity contribution is 6.08. The molecule has 4 aliphatic carbocycles. The lowest BCUT2D eigenvalue weighted by atomic mass is 9.51. The number of amides is 2. The Bertz CT molecular complexity index is 1060. The van der Waals surface area contributed by atoms with Crippen LogP contribution in [0.3, 0.4) is 0 Å². The highest BCUT2D eigenvalue weighted by Crippen LogP contribution is 2.64. The maximum absolute atomic E-state index is 13.8. The summed E-state index contributed by atoms with van der Waals surface area (Å²) in [4.78, 5) is 41.5. The number of benzene rings is 2. The minimum Gasteiger partial charge on any atom is -0.279 e. The quantitative estimate of drug-likeness (QED) is 0.437. The lowest BCUT2D eigenvalue weighted by molar-refractivity contribution is -0.578. The fourth-order valence-corrected chi connectivity index (χ4v) is 6.76. The van der Waals surface area contributed by atoms with E-state index in [4.69, 9.17) is 0 Å². The van der Waals surface area contributed by atoms with E-state index >= 15 is 0 Å². The van der Waals surface area contributed by atoms with Gasteiger partial charge < -0.3 is 0 Å². The van der Waals surface area contributed by atoms with Crippen molar-refractivity contribution < 1.29 is 14.5 Å². The van der Waals surface area contributed by atoms with E-state index in [1.54, 1.807) is 24.3 Å². The average molecular weight is 402 g/mol. The molecule has 6 heteroatoms. The molecule has 1 saturated carbocycles. The first-order valence-electron chi connectivity index (χ1n) is 10.8. The van der Waals surface area contributed by atoms with E-state index in [-0.39, 0.29) is 28.7 Å². The molecule has 2 aromatic rings. The van der Waals surface area contributed by atoms with Gasteiger partial charge in [-0.05, 0) is 24.0 Å². The van der Waals surface area contributed by atoms with Crippen LogP contribution in [-0.4, -0.2) is 27.7 Å². The van der Waals surface area contributed by atoms with E-state index in [1.165, 1.54) is 4.90 Å². The predicted octanol–water partition coefficient (Wildman–Crippen LogP) is 3.60. The molecular weight excluding hydrogens is 380 g/mol. The SMILES string of the molecule is O=C1[C@@H]2[C@@H](C(=O)N1C1CCCCC1)C1c3ccccc3C2([N+](=O)[O-])c2ccccc21. The molecular formula is C24H22N2O4. The topological polar surface area (TPSA) is 80.5 Å². The van der Waals surface area contributed by atoms with Crippen molar-refractivity contribution in [1.82, 2.24) is 4.90 Å². The Morgan fingerprint density at radius 2 is 1.43 bits per heavy atom. The summed E-state index contributed by atoms with van der Waals surface area (Å²) < 4.78 is 0. The second-order valence-electron chi connectivity index (χ2n) is 9.02. The Morgan fingerprint density at radius 3 is 2.00 bits per heavy atom. The molecule has 6 nitrogen and oxygen atoms in total. The van der Waals surface area contributed by atoms with Crippen molar-refractivity contribution in [3.05, 3.63) is 80.9 Å². The maximum Gasteiger partial charge on any atom is 0.284 e. The Labute approximate surface area is 174 Å². The van der Waals surface area contributed by atoms with Crippen LogP contribution in [0.25, 0.3) is 0 Å². The van der Waals surface area contributed by atoms with Crippen molar-refractivity contribution in [3.8, 4) is 0 Å². The van der Waals surface area contributed by atoms with Gasteiger partial charge in [0, 0.05) is 28.0 Å². The first-order valence-corrected chi connectivity index (χ1v) is 10.8. The molecule has 0 radical (unpaired) electrons. The Balaban J connectivity index is 1.63. The molecule has 2 aromatic carbocycles. The predicted molar refractivity (Wildman–Crippen MR) is 108 cm³/mol. The maximum atomic E-state index is 13.8. The minimum atomic E-state index is -1.71. The van der Waals surface area contributed by atoms with Crippen molar-refractivity contribution >= 4 is 11.8 Å². The zero-order valence-corrected chi connectivity index (χ0v) is 16.5. The third kappa shape index (κ3) is 1.90. The van der Waals surface area contributed by atoms with E-state index < -0.39 is 17.4 Å². The second-order valence-corrected chi connectivity index (χ2v) is 9.02. The van der Waals surface area contributed by atoms with Gasteiger partial charge in [-0.2, -0.15) is 0 Å². The smallest absolute Gasteiger partial charge is 0.279 e. The van der Waals surface area contributed by atoms with E-state index in [1.807, 2.05) is 24.3 Å². The third-order valence-electron chi connectivity index (χ3n) is 7.84. The summed E-state index contributed by atoms with van der Waals surface area (Å²) in [6.07, 6.45) is 4.68. The van der Waals surface area contributed by atoms with Crippen molar-refractivity contribution in [3.63, 3.8) is 0 Å². The van der Waals surface area contributed by atoms with Crippen molar-refractivity contribution in [2.24, 2.45) is 11.8 Å². The minimum absolute atomic E-state index is 0.126. The molecule has 0 aromatic heterocycles. The molecule has 0 unspecified atom stereocenters. The van der Waals surface area contributed by atoms with Gasteiger partial charge >= 0.3 is 0 Å². The van der Waals surface area contributed by atoms with Crippen LogP contribution in [0.1, 0.15) is 60.3 Å². The Morgan fingerprint density at radius 1 is 0.867 bits per heavy atom. The number of nitro groups is 1. The number of carbonyl (C=O) groups is 2. The lowest BCUT2D eigenvalue weighted by Crippen LogP contribution is -2.57. The second kappa shape index (κ2) is 6.00. The molecule has 2 fully saturated rings. The molecule has 2 atom stereocenters. The van der Waals surface area contributed by atoms with Gasteiger partial charge in [0.2, 0.25) is 11.8 Å². The molecule has 5 aliphatic rings. The number of hydrogen-bond donors (Lipinski definition) is 0. The van der Waals surface area contributed by atoms with E-state index in [0.29, 0.717) is 11.1 Å². The van der Waals surface area contributed by atoms with Gasteiger partial charge in [0.1, 0.15) is 5.92 Å². The van der Waals surface area contributed by atoms with E-state index in [2.05, 4.69) is 0 Å². The number of carbonyl (C=O) groups excluding carboxylic acids is 2. The lowest BCUT2D eigenvalue weighted by Gasteiger charge is -2.48. The summed E-state index contributed by atoms with van der Waals surface area (Å²) in [5, 5.41) is 12.9. The molecule has 1 saturated heterocycles. The van der Waals surface area contributed by atoms with Gasteiger partial charge in [-0.25, -0.2) is 0 Å².